The summed E-state index contributed by atoms with van der Waals surface area (Å²) in [7, 11) is 0. The second-order valence-corrected chi connectivity index (χ2v) is 5.15. The number of ether oxygens (including phenoxy) is 1. The zero-order chi connectivity index (χ0) is 15.0. The summed E-state index contributed by atoms with van der Waals surface area (Å²) in [6.45, 7) is 2.67. The van der Waals surface area contributed by atoms with Crippen LogP contribution in [-0.2, 0) is 13.0 Å². The van der Waals surface area contributed by atoms with Crippen LogP contribution in [0.15, 0.2) is 35.3 Å². The van der Waals surface area contributed by atoms with Crippen molar-refractivity contribution >= 4 is 5.97 Å². The van der Waals surface area contributed by atoms with Crippen molar-refractivity contribution in [2.24, 2.45) is 0 Å². The molecule has 2 aromatic rings. The predicted octanol–water partition coefficient (Wildman–Crippen LogP) is 1.84. The van der Waals surface area contributed by atoms with E-state index in [2.05, 4.69) is 0 Å². The van der Waals surface area contributed by atoms with Crippen LogP contribution in [0.25, 0.3) is 0 Å². The molecule has 0 saturated carbocycles. The highest BCUT2D eigenvalue weighted by molar-refractivity contribution is 5.88. The van der Waals surface area contributed by atoms with E-state index in [0.717, 1.165) is 23.3 Å². The number of hydrogen-bond acceptors (Lipinski definition) is 3. The van der Waals surface area contributed by atoms with E-state index in [1.54, 1.807) is 19.2 Å². The molecule has 1 aromatic carbocycles. The fourth-order valence-electron chi connectivity index (χ4n) is 2.58. The second kappa shape index (κ2) is 5.09. The molecule has 0 atom stereocenters. The standard InChI is InChI=1S/C16H15NO4/c1-10-4-6-17(15(18)14(10)16(19)20)9-11-2-3-13-12(8-11)5-7-21-13/h2-4,6,8H,5,7,9H2,1H3,(H,19,20). The van der Waals surface area contributed by atoms with Crippen LogP contribution in [0.5, 0.6) is 5.75 Å². The fraction of sp³-hybridized carbons (Fsp3) is 0.250. The maximum Gasteiger partial charge on any atom is 0.341 e. The van der Waals surface area contributed by atoms with Crippen molar-refractivity contribution in [1.82, 2.24) is 4.57 Å². The molecule has 108 valence electrons. The van der Waals surface area contributed by atoms with Gasteiger partial charge in [0.1, 0.15) is 11.3 Å². The first kappa shape index (κ1) is 13.4. The van der Waals surface area contributed by atoms with Gasteiger partial charge in [-0.1, -0.05) is 12.1 Å². The Balaban J connectivity index is 1.97. The van der Waals surface area contributed by atoms with Gasteiger partial charge in [-0.15, -0.1) is 0 Å². The Kier molecular flexibility index (Phi) is 3.25. The van der Waals surface area contributed by atoms with Gasteiger partial charge in [-0.2, -0.15) is 0 Å². The van der Waals surface area contributed by atoms with E-state index in [1.165, 1.54) is 4.57 Å². The molecule has 0 spiro atoms. The van der Waals surface area contributed by atoms with Crippen molar-refractivity contribution in [3.8, 4) is 5.75 Å². The van der Waals surface area contributed by atoms with E-state index in [1.807, 2.05) is 18.2 Å². The minimum absolute atomic E-state index is 0.165. The number of aromatic carboxylic acids is 1. The maximum absolute atomic E-state index is 12.2. The molecule has 21 heavy (non-hydrogen) atoms. The van der Waals surface area contributed by atoms with Gasteiger partial charge in [-0.05, 0) is 35.7 Å². The lowest BCUT2D eigenvalue weighted by Gasteiger charge is -2.09. The number of benzene rings is 1. The molecule has 0 fully saturated rings. The summed E-state index contributed by atoms with van der Waals surface area (Å²) in [4.78, 5) is 23.4. The van der Waals surface area contributed by atoms with Crippen molar-refractivity contribution < 1.29 is 14.6 Å². The van der Waals surface area contributed by atoms with E-state index in [-0.39, 0.29) is 5.56 Å². The van der Waals surface area contributed by atoms with Crippen molar-refractivity contribution in [3.63, 3.8) is 0 Å². The van der Waals surface area contributed by atoms with Gasteiger partial charge >= 0.3 is 5.97 Å². The van der Waals surface area contributed by atoms with Crippen molar-refractivity contribution in [2.75, 3.05) is 6.61 Å². The first-order chi connectivity index (χ1) is 10.1. The Labute approximate surface area is 121 Å². The minimum atomic E-state index is -1.19. The summed E-state index contributed by atoms with van der Waals surface area (Å²) >= 11 is 0. The zero-order valence-electron chi connectivity index (χ0n) is 11.6. The molecular weight excluding hydrogens is 270 g/mol. The van der Waals surface area contributed by atoms with Crippen LogP contribution in [0.3, 0.4) is 0 Å². The smallest absolute Gasteiger partial charge is 0.341 e. The number of nitrogens with zero attached hydrogens (tertiary/aromatic N) is 1. The van der Waals surface area contributed by atoms with Gasteiger partial charge in [-0.3, -0.25) is 4.79 Å². The van der Waals surface area contributed by atoms with Gasteiger partial charge in [0.2, 0.25) is 0 Å². The van der Waals surface area contributed by atoms with Gasteiger partial charge in [0, 0.05) is 12.6 Å². The molecule has 0 amide bonds. The number of carboxylic acid groups (broad SMARTS) is 1. The molecule has 0 aliphatic carbocycles. The van der Waals surface area contributed by atoms with Crippen LogP contribution in [0.2, 0.25) is 0 Å². The van der Waals surface area contributed by atoms with Crippen LogP contribution in [0.4, 0.5) is 0 Å². The zero-order valence-corrected chi connectivity index (χ0v) is 11.6. The summed E-state index contributed by atoms with van der Waals surface area (Å²) in [5.41, 5.74) is 1.93. The molecule has 1 aliphatic heterocycles. The molecule has 0 bridgehead atoms. The molecule has 3 rings (SSSR count). The van der Waals surface area contributed by atoms with Crippen LogP contribution in [0.1, 0.15) is 27.0 Å². The second-order valence-electron chi connectivity index (χ2n) is 5.15. The van der Waals surface area contributed by atoms with Gasteiger partial charge in [0.05, 0.1) is 13.2 Å². The largest absolute Gasteiger partial charge is 0.493 e. The number of pyridine rings is 1. The average Bonchev–Trinajstić information content (AvgIpc) is 2.89. The quantitative estimate of drug-likeness (QED) is 0.934. The average molecular weight is 285 g/mol. The number of aryl methyl sites for hydroxylation is 1. The van der Waals surface area contributed by atoms with Crippen molar-refractivity contribution in [1.29, 1.82) is 0 Å². The monoisotopic (exact) mass is 285 g/mol. The Hall–Kier alpha value is -2.56. The van der Waals surface area contributed by atoms with Crippen LogP contribution in [0, 0.1) is 6.92 Å². The Morgan fingerprint density at radius 3 is 2.95 bits per heavy atom. The molecule has 0 unspecified atom stereocenters. The lowest BCUT2D eigenvalue weighted by atomic mass is 10.1. The van der Waals surface area contributed by atoms with Crippen molar-refractivity contribution in [2.45, 2.75) is 19.9 Å². The highest BCUT2D eigenvalue weighted by Crippen LogP contribution is 2.26. The first-order valence-electron chi connectivity index (χ1n) is 6.74. The molecule has 0 radical (unpaired) electrons. The van der Waals surface area contributed by atoms with E-state index in [9.17, 15) is 9.59 Å². The third-order valence-electron chi connectivity index (χ3n) is 3.69. The number of carboxylic acids is 1. The van der Waals surface area contributed by atoms with E-state index in [0.29, 0.717) is 18.7 Å². The van der Waals surface area contributed by atoms with Gasteiger partial charge < -0.3 is 14.4 Å². The predicted molar refractivity (Wildman–Crippen MR) is 77.1 cm³/mol. The fourth-order valence-corrected chi connectivity index (χ4v) is 2.58. The molecule has 1 aromatic heterocycles. The summed E-state index contributed by atoms with van der Waals surface area (Å²) in [5, 5.41) is 9.13. The van der Waals surface area contributed by atoms with Gasteiger partial charge in [-0.25, -0.2) is 4.79 Å². The third-order valence-corrected chi connectivity index (χ3v) is 3.69. The van der Waals surface area contributed by atoms with Gasteiger partial charge in [0.15, 0.2) is 0 Å². The molecule has 0 saturated heterocycles. The number of aromatic nitrogens is 1. The lowest BCUT2D eigenvalue weighted by molar-refractivity contribution is 0.0693. The summed E-state index contributed by atoms with van der Waals surface area (Å²) < 4.78 is 6.87. The maximum atomic E-state index is 12.2. The first-order valence-corrected chi connectivity index (χ1v) is 6.74. The molecule has 5 heteroatoms. The lowest BCUT2D eigenvalue weighted by Crippen LogP contribution is -2.27. The Bertz CT molecular complexity index is 776. The van der Waals surface area contributed by atoms with Crippen molar-refractivity contribution in [3.05, 3.63) is 63.1 Å². The SMILES string of the molecule is Cc1ccn(Cc2ccc3c(c2)CCO3)c(=O)c1C(=O)O. The molecule has 2 heterocycles. The summed E-state index contributed by atoms with van der Waals surface area (Å²) in [6.07, 6.45) is 2.50. The van der Waals surface area contributed by atoms with E-state index < -0.39 is 11.5 Å². The molecule has 1 N–H and O–H groups in total. The number of hydrogen-bond donors (Lipinski definition) is 1. The highest BCUT2D eigenvalue weighted by atomic mass is 16.5. The number of fused-ring (bicyclic) bond motifs is 1. The van der Waals surface area contributed by atoms with E-state index in [4.69, 9.17) is 9.84 Å². The minimum Gasteiger partial charge on any atom is -0.493 e. The summed E-state index contributed by atoms with van der Waals surface area (Å²) in [6, 6.07) is 7.46. The molecule has 5 nitrogen and oxygen atoms in total. The summed E-state index contributed by atoms with van der Waals surface area (Å²) in [5.74, 6) is -0.296. The number of carbonyl (C=O) groups is 1. The van der Waals surface area contributed by atoms with Crippen LogP contribution >= 0.6 is 0 Å². The third kappa shape index (κ3) is 2.42. The molecule has 1 aliphatic rings. The normalized spacial score (nSPS) is 12.8. The Morgan fingerprint density at radius 1 is 1.38 bits per heavy atom. The van der Waals surface area contributed by atoms with Crippen LogP contribution in [-0.4, -0.2) is 22.2 Å². The van der Waals surface area contributed by atoms with E-state index >= 15 is 0 Å². The highest BCUT2D eigenvalue weighted by Gasteiger charge is 2.16. The molecular formula is C16H15NO4. The Morgan fingerprint density at radius 2 is 2.19 bits per heavy atom. The van der Waals surface area contributed by atoms with Gasteiger partial charge in [0.25, 0.3) is 5.56 Å². The van der Waals surface area contributed by atoms with Crippen LogP contribution < -0.4 is 10.3 Å². The topological polar surface area (TPSA) is 68.5 Å². The number of rotatable bonds is 3.